The van der Waals surface area contributed by atoms with Crippen LogP contribution in [-0.4, -0.2) is 18.8 Å². The minimum Gasteiger partial charge on any atom is -0.497 e. The lowest BCUT2D eigenvalue weighted by atomic mass is 9.81. The van der Waals surface area contributed by atoms with Crippen molar-refractivity contribution in [1.29, 1.82) is 0 Å². The van der Waals surface area contributed by atoms with Crippen molar-refractivity contribution in [2.45, 2.75) is 32.7 Å². The van der Waals surface area contributed by atoms with Gasteiger partial charge in [0, 0.05) is 24.6 Å². The zero-order valence-electron chi connectivity index (χ0n) is 16.4. The molecule has 2 atom stereocenters. The zero-order chi connectivity index (χ0) is 19.8. The first kappa shape index (κ1) is 18.3. The monoisotopic (exact) mass is 376 g/mol. The summed E-state index contributed by atoms with van der Waals surface area (Å²) >= 11 is 0. The lowest BCUT2D eigenvalue weighted by Gasteiger charge is -2.34. The molecule has 0 radical (unpaired) electrons. The van der Waals surface area contributed by atoms with Gasteiger partial charge in [0.25, 0.3) is 0 Å². The first-order valence-corrected chi connectivity index (χ1v) is 9.55. The second-order valence-electron chi connectivity index (χ2n) is 7.54. The molecule has 0 saturated carbocycles. The third-order valence-corrected chi connectivity index (χ3v) is 5.46. The number of fused-ring (bicyclic) bond motifs is 1. The maximum atomic E-state index is 13.2. The standard InChI is InChI=1S/C23H24N2O3/c1-14-12-19-22(21(27)13-14)23(16-8-10-17(28-3)11-9-16)25(15(2)26)20-7-5-4-6-18(20)24-19/h4-11,14,23-24H,12-13H2,1-3H3/t14-,23+/m1/s1. The number of ketones is 1. The summed E-state index contributed by atoms with van der Waals surface area (Å²) in [5.74, 6) is 1.01. The summed E-state index contributed by atoms with van der Waals surface area (Å²) in [4.78, 5) is 27.7. The Hall–Kier alpha value is -3.08. The van der Waals surface area contributed by atoms with Crippen LogP contribution in [0.1, 0.15) is 38.3 Å². The lowest BCUT2D eigenvalue weighted by Crippen LogP contribution is -2.37. The van der Waals surface area contributed by atoms with Gasteiger partial charge < -0.3 is 10.1 Å². The molecule has 0 bridgehead atoms. The van der Waals surface area contributed by atoms with E-state index in [1.54, 1.807) is 18.9 Å². The van der Waals surface area contributed by atoms with Crippen molar-refractivity contribution in [3.05, 3.63) is 65.4 Å². The number of anilines is 2. The molecule has 1 heterocycles. The molecule has 4 rings (SSSR count). The number of benzene rings is 2. The predicted octanol–water partition coefficient (Wildman–Crippen LogP) is 4.47. The van der Waals surface area contributed by atoms with E-state index in [4.69, 9.17) is 4.74 Å². The predicted molar refractivity (Wildman–Crippen MR) is 109 cm³/mol. The Balaban J connectivity index is 1.96. The number of allylic oxidation sites excluding steroid dienone is 1. The molecule has 5 heteroatoms. The Morgan fingerprint density at radius 1 is 1.11 bits per heavy atom. The van der Waals surface area contributed by atoms with Gasteiger partial charge in [-0.1, -0.05) is 31.2 Å². The van der Waals surface area contributed by atoms with Crippen LogP contribution in [0, 0.1) is 5.92 Å². The van der Waals surface area contributed by atoms with Crippen LogP contribution in [0.5, 0.6) is 5.75 Å². The molecule has 1 N–H and O–H groups in total. The number of hydrogen-bond acceptors (Lipinski definition) is 4. The fraction of sp³-hybridized carbons (Fsp3) is 0.304. The molecule has 0 unspecified atom stereocenters. The summed E-state index contributed by atoms with van der Waals surface area (Å²) in [5, 5.41) is 3.47. The molecule has 2 aromatic carbocycles. The van der Waals surface area contributed by atoms with Gasteiger partial charge in [-0.15, -0.1) is 0 Å². The average molecular weight is 376 g/mol. The second-order valence-corrected chi connectivity index (χ2v) is 7.54. The fourth-order valence-electron chi connectivity index (χ4n) is 4.23. The molecule has 0 spiro atoms. The van der Waals surface area contributed by atoms with Crippen LogP contribution in [0.25, 0.3) is 0 Å². The van der Waals surface area contributed by atoms with Crippen LogP contribution in [0.4, 0.5) is 11.4 Å². The lowest BCUT2D eigenvalue weighted by molar-refractivity contribution is -0.117. The van der Waals surface area contributed by atoms with E-state index in [1.165, 1.54) is 0 Å². The molecule has 5 nitrogen and oxygen atoms in total. The van der Waals surface area contributed by atoms with Crippen molar-refractivity contribution in [2.24, 2.45) is 5.92 Å². The van der Waals surface area contributed by atoms with E-state index in [-0.39, 0.29) is 17.6 Å². The van der Waals surface area contributed by atoms with E-state index in [0.29, 0.717) is 12.0 Å². The van der Waals surface area contributed by atoms with Crippen LogP contribution in [-0.2, 0) is 9.59 Å². The van der Waals surface area contributed by atoms with Gasteiger partial charge in [-0.3, -0.25) is 14.5 Å². The van der Waals surface area contributed by atoms with Crippen molar-refractivity contribution >= 4 is 23.1 Å². The Labute approximate surface area is 165 Å². The topological polar surface area (TPSA) is 58.6 Å². The normalized spacial score (nSPS) is 21.4. The smallest absolute Gasteiger partial charge is 0.224 e. The number of para-hydroxylation sites is 2. The number of ether oxygens (including phenoxy) is 1. The highest BCUT2D eigenvalue weighted by Crippen LogP contribution is 2.45. The number of hydrogen-bond donors (Lipinski definition) is 1. The first-order chi connectivity index (χ1) is 13.5. The molecule has 1 aliphatic carbocycles. The summed E-state index contributed by atoms with van der Waals surface area (Å²) in [7, 11) is 1.62. The van der Waals surface area contributed by atoms with Crippen molar-refractivity contribution in [1.82, 2.24) is 0 Å². The number of rotatable bonds is 2. The van der Waals surface area contributed by atoms with Crippen LogP contribution in [0.15, 0.2) is 59.8 Å². The van der Waals surface area contributed by atoms with Crippen molar-refractivity contribution < 1.29 is 14.3 Å². The Morgan fingerprint density at radius 2 is 1.82 bits per heavy atom. The minimum atomic E-state index is -0.463. The van der Waals surface area contributed by atoms with E-state index in [0.717, 1.165) is 34.8 Å². The van der Waals surface area contributed by atoms with Crippen molar-refractivity contribution in [2.75, 3.05) is 17.3 Å². The minimum absolute atomic E-state index is 0.0983. The molecular weight excluding hydrogens is 352 g/mol. The van der Waals surface area contributed by atoms with E-state index >= 15 is 0 Å². The van der Waals surface area contributed by atoms with Gasteiger partial charge in [-0.25, -0.2) is 0 Å². The maximum absolute atomic E-state index is 13.2. The summed E-state index contributed by atoms with van der Waals surface area (Å²) in [5.41, 5.74) is 4.13. The van der Waals surface area contributed by atoms with Crippen LogP contribution >= 0.6 is 0 Å². The highest BCUT2D eigenvalue weighted by molar-refractivity contribution is 6.05. The Morgan fingerprint density at radius 3 is 2.50 bits per heavy atom. The van der Waals surface area contributed by atoms with Crippen molar-refractivity contribution in [3.63, 3.8) is 0 Å². The van der Waals surface area contributed by atoms with E-state index < -0.39 is 6.04 Å². The number of methoxy groups -OCH3 is 1. The molecule has 1 aliphatic heterocycles. The Bertz CT molecular complexity index is 962. The number of carbonyl (C=O) groups is 2. The summed E-state index contributed by atoms with van der Waals surface area (Å²) < 4.78 is 5.28. The molecule has 0 saturated heterocycles. The van der Waals surface area contributed by atoms with E-state index in [1.807, 2.05) is 48.5 Å². The molecule has 144 valence electrons. The van der Waals surface area contributed by atoms with Crippen LogP contribution in [0.2, 0.25) is 0 Å². The molecule has 2 aromatic rings. The number of Topliss-reactive ketones (excluding diaryl/α,β-unsaturated/α-hetero) is 1. The third-order valence-electron chi connectivity index (χ3n) is 5.46. The first-order valence-electron chi connectivity index (χ1n) is 9.55. The van der Waals surface area contributed by atoms with Gasteiger partial charge in [0.1, 0.15) is 5.75 Å². The maximum Gasteiger partial charge on any atom is 0.224 e. The van der Waals surface area contributed by atoms with Gasteiger partial charge in [0.2, 0.25) is 5.91 Å². The average Bonchev–Trinajstić information content (AvgIpc) is 2.82. The fourth-order valence-corrected chi connectivity index (χ4v) is 4.23. The largest absolute Gasteiger partial charge is 0.497 e. The molecule has 28 heavy (non-hydrogen) atoms. The molecule has 0 fully saturated rings. The zero-order valence-corrected chi connectivity index (χ0v) is 16.4. The number of nitrogens with zero attached hydrogens (tertiary/aromatic N) is 1. The molecule has 0 aromatic heterocycles. The number of nitrogens with one attached hydrogen (secondary N) is 1. The summed E-state index contributed by atoms with van der Waals surface area (Å²) in [6.45, 7) is 3.64. The van der Waals surface area contributed by atoms with Gasteiger partial charge in [-0.2, -0.15) is 0 Å². The Kier molecular flexibility index (Phi) is 4.67. The van der Waals surface area contributed by atoms with E-state index in [2.05, 4.69) is 12.2 Å². The quantitative estimate of drug-likeness (QED) is 0.840. The van der Waals surface area contributed by atoms with Gasteiger partial charge in [-0.05, 0) is 42.2 Å². The van der Waals surface area contributed by atoms with Crippen LogP contribution in [0.3, 0.4) is 0 Å². The van der Waals surface area contributed by atoms with Crippen molar-refractivity contribution in [3.8, 4) is 5.75 Å². The van der Waals surface area contributed by atoms with Gasteiger partial charge >= 0.3 is 0 Å². The highest BCUT2D eigenvalue weighted by Gasteiger charge is 2.39. The molecule has 1 amide bonds. The van der Waals surface area contributed by atoms with E-state index in [9.17, 15) is 9.59 Å². The van der Waals surface area contributed by atoms with Crippen LogP contribution < -0.4 is 15.0 Å². The van der Waals surface area contributed by atoms with Gasteiger partial charge in [0.15, 0.2) is 5.78 Å². The second kappa shape index (κ2) is 7.15. The third kappa shape index (κ3) is 3.07. The molecular formula is C23H24N2O3. The summed E-state index contributed by atoms with van der Waals surface area (Å²) in [6, 6.07) is 14.9. The molecule has 2 aliphatic rings. The number of amides is 1. The SMILES string of the molecule is COc1ccc([C@H]2C3=C(C[C@@H](C)CC3=O)Nc3ccccc3N2C(C)=O)cc1. The number of carbonyl (C=O) groups excluding carboxylic acids is 2. The highest BCUT2D eigenvalue weighted by atomic mass is 16.5. The summed E-state index contributed by atoms with van der Waals surface area (Å²) in [6.07, 6.45) is 1.28. The van der Waals surface area contributed by atoms with Gasteiger partial charge in [0.05, 0.1) is 24.5 Å².